The lowest BCUT2D eigenvalue weighted by Gasteiger charge is -2.19. The van der Waals surface area contributed by atoms with Crippen LogP contribution in [0.3, 0.4) is 0 Å². The third kappa shape index (κ3) is 3.00. The monoisotopic (exact) mass is 406 g/mol. The summed E-state index contributed by atoms with van der Waals surface area (Å²) < 4.78 is 61.9. The zero-order valence-corrected chi connectivity index (χ0v) is 16.2. The molecule has 1 saturated carbocycles. The second kappa shape index (κ2) is 6.63. The van der Waals surface area contributed by atoms with Crippen LogP contribution in [0.4, 0.5) is 13.2 Å². The Morgan fingerprint density at radius 2 is 1.96 bits per heavy atom. The highest BCUT2D eigenvalue weighted by Gasteiger charge is 2.48. The Labute approximate surface area is 160 Å². The topological polar surface area (TPSA) is 63.0 Å². The van der Waals surface area contributed by atoms with Gasteiger partial charge in [0.1, 0.15) is 30.3 Å². The number of hydrogen-bond donors (Lipinski definition) is 0. The number of aromatic nitrogens is 1. The zero-order chi connectivity index (χ0) is 20.2. The number of rotatable bonds is 4. The van der Waals surface area contributed by atoms with Crippen LogP contribution in [0, 0.1) is 17.1 Å². The van der Waals surface area contributed by atoms with Crippen molar-refractivity contribution in [3.63, 3.8) is 0 Å². The number of fused-ring (bicyclic) bond motifs is 1. The second-order valence-electron chi connectivity index (χ2n) is 7.52. The number of hydrogen-bond acceptors (Lipinski definition) is 4. The third-order valence-electron chi connectivity index (χ3n) is 5.48. The van der Waals surface area contributed by atoms with Crippen LogP contribution in [0.15, 0.2) is 24.4 Å². The Kier molecular flexibility index (Phi) is 4.50. The van der Waals surface area contributed by atoms with Gasteiger partial charge >= 0.3 is 0 Å². The van der Waals surface area contributed by atoms with E-state index in [1.807, 2.05) is 6.07 Å². The van der Waals surface area contributed by atoms with Gasteiger partial charge in [0.15, 0.2) is 11.9 Å². The predicted molar refractivity (Wildman–Crippen MR) is 98.8 cm³/mol. The zero-order valence-electron chi connectivity index (χ0n) is 15.3. The molecule has 4 atom stereocenters. The van der Waals surface area contributed by atoms with Crippen molar-refractivity contribution in [2.75, 3.05) is 6.66 Å². The molecule has 1 fully saturated rings. The van der Waals surface area contributed by atoms with E-state index in [2.05, 4.69) is 4.98 Å². The van der Waals surface area contributed by atoms with E-state index in [1.165, 1.54) is 12.3 Å². The van der Waals surface area contributed by atoms with E-state index >= 15 is 0 Å². The first-order chi connectivity index (χ1) is 13.2. The van der Waals surface area contributed by atoms with Crippen molar-refractivity contribution < 1.29 is 22.5 Å². The number of halogens is 3. The highest BCUT2D eigenvalue weighted by Crippen LogP contribution is 2.60. The Bertz CT molecular complexity index is 1050. The highest BCUT2D eigenvalue weighted by atomic mass is 31.2. The van der Waals surface area contributed by atoms with Crippen LogP contribution in [-0.4, -0.2) is 23.5 Å². The Morgan fingerprint density at radius 3 is 2.61 bits per heavy atom. The molecule has 2 aliphatic rings. The summed E-state index contributed by atoms with van der Waals surface area (Å²) in [5.41, 5.74) is 0.588. The van der Waals surface area contributed by atoms with Crippen molar-refractivity contribution in [2.24, 2.45) is 0 Å². The fourth-order valence-corrected chi connectivity index (χ4v) is 6.38. The summed E-state index contributed by atoms with van der Waals surface area (Å²) in [6, 6.07) is 5.20. The first-order valence-electron chi connectivity index (χ1n) is 9.01. The molecule has 0 spiro atoms. The number of nitrogens with zero attached hydrogens (tertiary/aromatic N) is 2. The molecule has 8 heteroatoms. The van der Waals surface area contributed by atoms with Gasteiger partial charge in [-0.1, -0.05) is 6.92 Å². The molecule has 0 amide bonds. The molecule has 4 nitrogen and oxygen atoms in total. The lowest BCUT2D eigenvalue weighted by molar-refractivity contribution is 0.167. The fraction of sp³-hybridized carbons (Fsp3) is 0.400. The Hall–Kier alpha value is -2.32. The molecule has 146 valence electrons. The lowest BCUT2D eigenvalue weighted by atomic mass is 10.1. The predicted octanol–water partition coefficient (Wildman–Crippen LogP) is 5.13. The van der Waals surface area contributed by atoms with E-state index in [0.29, 0.717) is 5.56 Å². The molecule has 4 rings (SSSR count). The molecule has 2 aliphatic carbocycles. The van der Waals surface area contributed by atoms with Crippen LogP contribution in [0.2, 0.25) is 0 Å². The molecule has 0 saturated heterocycles. The summed E-state index contributed by atoms with van der Waals surface area (Å²) >= 11 is 0. The largest absolute Gasteiger partial charge is 0.455 e. The molecular weight excluding hydrogens is 388 g/mol. The Balaban J connectivity index is 1.84. The van der Waals surface area contributed by atoms with Crippen molar-refractivity contribution in [3.8, 4) is 17.6 Å². The number of nitriles is 1. The van der Waals surface area contributed by atoms with Crippen molar-refractivity contribution in [1.82, 2.24) is 4.98 Å². The Morgan fingerprint density at radius 1 is 1.25 bits per heavy atom. The average Bonchev–Trinajstić information content (AvgIpc) is 3.48. The molecule has 0 radical (unpaired) electrons. The minimum atomic E-state index is -2.86. The second-order valence-corrected chi connectivity index (χ2v) is 10.7. The molecule has 2 aromatic rings. The van der Waals surface area contributed by atoms with Gasteiger partial charge in [-0.15, -0.1) is 0 Å². The van der Waals surface area contributed by atoms with Crippen molar-refractivity contribution in [3.05, 3.63) is 46.9 Å². The summed E-state index contributed by atoms with van der Waals surface area (Å²) in [5, 5.41) is 8.98. The van der Waals surface area contributed by atoms with Crippen molar-refractivity contribution in [1.29, 1.82) is 5.26 Å². The van der Waals surface area contributed by atoms with Gasteiger partial charge in [0.05, 0.1) is 17.8 Å². The number of alkyl halides is 2. The molecule has 0 aliphatic heterocycles. The number of benzene rings is 1. The summed E-state index contributed by atoms with van der Waals surface area (Å²) in [4.78, 5) is 4.28. The van der Waals surface area contributed by atoms with Crippen molar-refractivity contribution in [2.45, 2.75) is 43.7 Å². The molecular formula is C20H18F3N2O2P. The van der Waals surface area contributed by atoms with Gasteiger partial charge in [-0.2, -0.15) is 5.26 Å². The SMILES string of the molecule is CC1c2c(P(C)(=O)C3CC3)ncc(Oc3cc(F)cc(C#N)c3)c2C(F)C1F. The van der Waals surface area contributed by atoms with E-state index in [9.17, 15) is 17.7 Å². The number of pyridine rings is 1. The summed E-state index contributed by atoms with van der Waals surface area (Å²) in [7, 11) is -2.86. The van der Waals surface area contributed by atoms with Crippen molar-refractivity contribution >= 4 is 12.6 Å². The maximum Gasteiger partial charge on any atom is 0.161 e. The summed E-state index contributed by atoms with van der Waals surface area (Å²) in [6.45, 7) is 3.16. The average molecular weight is 406 g/mol. The van der Waals surface area contributed by atoms with E-state index in [-0.39, 0.29) is 33.7 Å². The van der Waals surface area contributed by atoms with Crippen LogP contribution in [0.25, 0.3) is 0 Å². The molecule has 0 bridgehead atoms. The standard InChI is InChI=1S/C20H18F3N2O2P/c1-10-16-17(19(23)18(10)22)15(9-25-20(16)28(2,26)14-3-4-14)27-13-6-11(8-24)5-12(21)7-13/h5-7,9-10,14,18-19H,3-4H2,1-2H3. The molecule has 28 heavy (non-hydrogen) atoms. The third-order valence-corrected chi connectivity index (χ3v) is 8.59. The fourth-order valence-electron chi connectivity index (χ4n) is 3.81. The highest BCUT2D eigenvalue weighted by molar-refractivity contribution is 7.71. The first kappa shape index (κ1) is 19.0. The molecule has 1 aromatic heterocycles. The summed E-state index contributed by atoms with van der Waals surface area (Å²) in [6.07, 6.45) is -0.905. The smallest absolute Gasteiger partial charge is 0.161 e. The van der Waals surface area contributed by atoms with Crippen LogP contribution in [-0.2, 0) is 4.57 Å². The van der Waals surface area contributed by atoms with Crippen LogP contribution in [0.1, 0.15) is 48.5 Å². The van der Waals surface area contributed by atoms with Gasteiger partial charge in [-0.05, 0) is 37.2 Å². The lowest BCUT2D eigenvalue weighted by Crippen LogP contribution is -2.20. The van der Waals surface area contributed by atoms with E-state index in [1.54, 1.807) is 13.6 Å². The quantitative estimate of drug-likeness (QED) is 0.661. The number of ether oxygens (including phenoxy) is 1. The molecule has 0 N–H and O–H groups in total. The van der Waals surface area contributed by atoms with E-state index in [0.717, 1.165) is 25.0 Å². The van der Waals surface area contributed by atoms with Crippen LogP contribution in [0.5, 0.6) is 11.5 Å². The molecule has 1 heterocycles. The summed E-state index contributed by atoms with van der Waals surface area (Å²) in [5.74, 6) is -1.57. The molecule has 1 aromatic carbocycles. The van der Waals surface area contributed by atoms with Crippen LogP contribution >= 0.6 is 7.14 Å². The van der Waals surface area contributed by atoms with E-state index < -0.39 is 31.2 Å². The minimum absolute atomic E-state index is 0.00111. The minimum Gasteiger partial charge on any atom is -0.455 e. The van der Waals surface area contributed by atoms with Gasteiger partial charge in [-0.3, -0.25) is 0 Å². The van der Waals surface area contributed by atoms with Gasteiger partial charge in [0.25, 0.3) is 0 Å². The maximum absolute atomic E-state index is 14.8. The van der Waals surface area contributed by atoms with Crippen LogP contribution < -0.4 is 10.2 Å². The van der Waals surface area contributed by atoms with Gasteiger partial charge in [-0.25, -0.2) is 18.2 Å². The normalized spacial score (nSPS) is 25.6. The maximum atomic E-state index is 14.8. The van der Waals surface area contributed by atoms with Gasteiger partial charge in [0.2, 0.25) is 0 Å². The first-order valence-corrected chi connectivity index (χ1v) is 11.2. The van der Waals surface area contributed by atoms with Gasteiger partial charge < -0.3 is 9.30 Å². The molecule has 4 unspecified atom stereocenters. The van der Waals surface area contributed by atoms with E-state index in [4.69, 9.17) is 10.00 Å². The van der Waals surface area contributed by atoms with Gasteiger partial charge in [0, 0.05) is 23.2 Å².